The van der Waals surface area contributed by atoms with Crippen LogP contribution in [0, 0.1) is 5.92 Å². The van der Waals surface area contributed by atoms with Crippen LogP contribution in [0.15, 0.2) is 54.7 Å². The number of likely N-dealkylation sites (tertiary alicyclic amines) is 1. The Morgan fingerprint density at radius 1 is 1.08 bits per heavy atom. The summed E-state index contributed by atoms with van der Waals surface area (Å²) in [4.78, 5) is 47.9. The fourth-order valence-electron chi connectivity index (χ4n) is 6.13. The lowest BCUT2D eigenvalue weighted by Gasteiger charge is -2.32. The molecule has 3 aliphatic rings. The van der Waals surface area contributed by atoms with E-state index in [1.54, 1.807) is 18.1 Å². The first-order chi connectivity index (χ1) is 17.5. The zero-order valence-corrected chi connectivity index (χ0v) is 20.9. The number of imide groups is 1. The number of fused-ring (bicyclic) bond motifs is 1. The molecule has 1 aromatic heterocycles. The van der Waals surface area contributed by atoms with Gasteiger partial charge in [0.1, 0.15) is 0 Å². The monoisotopic (exact) mass is 489 g/mol. The number of benzene rings is 1. The standard InChI is InChI=1S/C28H35N5O3/c1-32(19-24-22-12-5-6-13-23(22)30-31-24)25(34)17-28(20-9-3-2-4-10-20)18-26(35)33(27(28)36)16-14-21-11-7-8-15-29-21/h2-4,7-11,15,22-24,30-31H,5-6,12-14,16-19H2,1H3. The van der Waals surface area contributed by atoms with Crippen molar-refractivity contribution in [2.24, 2.45) is 5.92 Å². The molecular formula is C28H35N5O3. The van der Waals surface area contributed by atoms with E-state index in [0.717, 1.165) is 24.1 Å². The van der Waals surface area contributed by atoms with Crippen LogP contribution < -0.4 is 10.9 Å². The van der Waals surface area contributed by atoms with Crippen molar-refractivity contribution in [2.75, 3.05) is 20.1 Å². The Morgan fingerprint density at radius 2 is 1.86 bits per heavy atom. The third-order valence-electron chi connectivity index (χ3n) is 8.19. The molecule has 36 heavy (non-hydrogen) atoms. The Kier molecular flexibility index (Phi) is 7.16. The first-order valence-electron chi connectivity index (χ1n) is 13.0. The lowest BCUT2D eigenvalue weighted by Crippen LogP contribution is -2.47. The topological polar surface area (TPSA) is 94.6 Å². The molecule has 8 nitrogen and oxygen atoms in total. The molecule has 5 rings (SSSR count). The fourth-order valence-corrected chi connectivity index (χ4v) is 6.13. The minimum atomic E-state index is -1.18. The van der Waals surface area contributed by atoms with Crippen LogP contribution in [0.4, 0.5) is 0 Å². The molecule has 2 N–H and O–H groups in total. The van der Waals surface area contributed by atoms with Crippen LogP contribution in [-0.2, 0) is 26.2 Å². The Bertz CT molecular complexity index is 1090. The number of nitrogens with one attached hydrogen (secondary N) is 2. The van der Waals surface area contributed by atoms with E-state index in [1.165, 1.54) is 17.7 Å². The number of pyridine rings is 1. The molecule has 1 aliphatic carbocycles. The third-order valence-corrected chi connectivity index (χ3v) is 8.19. The Labute approximate surface area is 212 Å². The normalized spacial score (nSPS) is 27.8. The second-order valence-electron chi connectivity index (χ2n) is 10.4. The van der Waals surface area contributed by atoms with Gasteiger partial charge in [0.2, 0.25) is 17.7 Å². The van der Waals surface area contributed by atoms with Crippen molar-refractivity contribution in [3.63, 3.8) is 0 Å². The summed E-state index contributed by atoms with van der Waals surface area (Å²) in [6.07, 6.45) is 6.95. The molecule has 0 radical (unpaired) electrons. The lowest BCUT2D eigenvalue weighted by atomic mass is 9.75. The minimum absolute atomic E-state index is 0.00553. The summed E-state index contributed by atoms with van der Waals surface area (Å²) in [6, 6.07) is 15.6. The average molecular weight is 490 g/mol. The van der Waals surface area contributed by atoms with Gasteiger partial charge >= 0.3 is 0 Å². The maximum Gasteiger partial charge on any atom is 0.240 e. The third kappa shape index (κ3) is 4.80. The average Bonchev–Trinajstić information content (AvgIpc) is 3.42. The molecule has 4 unspecified atom stereocenters. The Morgan fingerprint density at radius 3 is 2.64 bits per heavy atom. The molecule has 8 heteroatoms. The van der Waals surface area contributed by atoms with Gasteiger partial charge in [-0.3, -0.25) is 35.1 Å². The van der Waals surface area contributed by atoms with Gasteiger partial charge in [-0.1, -0.05) is 49.2 Å². The van der Waals surface area contributed by atoms with Gasteiger partial charge in [-0.25, -0.2) is 0 Å². The maximum atomic E-state index is 13.8. The summed E-state index contributed by atoms with van der Waals surface area (Å²) < 4.78 is 0. The number of nitrogens with zero attached hydrogens (tertiary/aromatic N) is 3. The number of hydrogen-bond acceptors (Lipinski definition) is 6. The number of hydrogen-bond donors (Lipinski definition) is 2. The summed E-state index contributed by atoms with van der Waals surface area (Å²) >= 11 is 0. The highest BCUT2D eigenvalue weighted by molar-refractivity contribution is 6.10. The first-order valence-corrected chi connectivity index (χ1v) is 13.0. The van der Waals surface area contributed by atoms with Gasteiger partial charge < -0.3 is 4.90 Å². The van der Waals surface area contributed by atoms with Crippen LogP contribution in [0.2, 0.25) is 0 Å². The van der Waals surface area contributed by atoms with Gasteiger partial charge in [0, 0.05) is 63.4 Å². The molecule has 0 spiro atoms. The first kappa shape index (κ1) is 24.6. The number of rotatable bonds is 8. The van der Waals surface area contributed by atoms with Crippen molar-refractivity contribution in [3.8, 4) is 0 Å². The van der Waals surface area contributed by atoms with E-state index in [1.807, 2.05) is 48.5 Å². The van der Waals surface area contributed by atoms with E-state index in [-0.39, 0.29) is 43.1 Å². The van der Waals surface area contributed by atoms with Crippen molar-refractivity contribution in [1.29, 1.82) is 0 Å². The maximum absolute atomic E-state index is 13.8. The number of hydrazine groups is 1. The molecule has 1 aromatic carbocycles. The van der Waals surface area contributed by atoms with E-state index >= 15 is 0 Å². The smallest absolute Gasteiger partial charge is 0.240 e. The molecule has 1 saturated carbocycles. The van der Waals surface area contributed by atoms with Crippen LogP contribution >= 0.6 is 0 Å². The van der Waals surface area contributed by atoms with Gasteiger partial charge in [-0.15, -0.1) is 0 Å². The fraction of sp³-hybridized carbons (Fsp3) is 0.500. The van der Waals surface area contributed by atoms with E-state index in [9.17, 15) is 14.4 Å². The predicted molar refractivity (Wildman–Crippen MR) is 135 cm³/mol. The molecule has 0 bridgehead atoms. The van der Waals surface area contributed by atoms with E-state index in [0.29, 0.717) is 24.9 Å². The Balaban J connectivity index is 1.32. The van der Waals surface area contributed by atoms with Crippen LogP contribution in [0.25, 0.3) is 0 Å². The number of aromatic nitrogens is 1. The summed E-state index contributed by atoms with van der Waals surface area (Å²) in [6.45, 7) is 0.831. The molecular weight excluding hydrogens is 454 g/mol. The van der Waals surface area contributed by atoms with Gasteiger partial charge in [0.15, 0.2) is 0 Å². The number of amides is 3. The molecule has 3 fully saturated rings. The molecule has 3 amide bonds. The second-order valence-corrected chi connectivity index (χ2v) is 10.4. The van der Waals surface area contributed by atoms with Crippen LogP contribution in [0.3, 0.4) is 0 Å². The quantitative estimate of drug-likeness (QED) is 0.552. The largest absolute Gasteiger partial charge is 0.344 e. The number of carbonyl (C=O) groups excluding carboxylic acids is 3. The lowest BCUT2D eigenvalue weighted by molar-refractivity contribution is -0.142. The second kappa shape index (κ2) is 10.5. The predicted octanol–water partition coefficient (Wildman–Crippen LogP) is 2.20. The van der Waals surface area contributed by atoms with Gasteiger partial charge in [-0.2, -0.15) is 0 Å². The van der Waals surface area contributed by atoms with Gasteiger partial charge in [0.25, 0.3) is 0 Å². The van der Waals surface area contributed by atoms with Crippen molar-refractivity contribution in [2.45, 2.75) is 62.4 Å². The van der Waals surface area contributed by atoms with E-state index < -0.39 is 5.41 Å². The molecule has 2 saturated heterocycles. The highest BCUT2D eigenvalue weighted by Crippen LogP contribution is 2.40. The molecule has 3 heterocycles. The minimum Gasteiger partial charge on any atom is -0.344 e. The summed E-state index contributed by atoms with van der Waals surface area (Å²) in [5.41, 5.74) is 7.17. The van der Waals surface area contributed by atoms with Crippen molar-refractivity contribution in [1.82, 2.24) is 25.6 Å². The molecule has 2 aliphatic heterocycles. The highest BCUT2D eigenvalue weighted by atomic mass is 16.2. The molecule has 190 valence electrons. The van der Waals surface area contributed by atoms with Crippen molar-refractivity contribution >= 4 is 17.7 Å². The summed E-state index contributed by atoms with van der Waals surface area (Å²) in [7, 11) is 1.80. The SMILES string of the molecule is CN(CC1NNC2CCCCC21)C(=O)CC1(c2ccccc2)CC(=O)N(CCc2ccccn2)C1=O. The number of carbonyl (C=O) groups is 3. The van der Waals surface area contributed by atoms with Crippen molar-refractivity contribution in [3.05, 3.63) is 66.0 Å². The molecule has 2 aromatic rings. The number of likely N-dealkylation sites (N-methyl/N-ethyl adjacent to an activating group) is 1. The van der Waals surface area contributed by atoms with E-state index in [4.69, 9.17) is 0 Å². The van der Waals surface area contributed by atoms with Crippen LogP contribution in [0.5, 0.6) is 0 Å². The molecule has 4 atom stereocenters. The van der Waals surface area contributed by atoms with Crippen molar-refractivity contribution < 1.29 is 14.4 Å². The summed E-state index contributed by atoms with van der Waals surface area (Å²) in [5.74, 6) is -0.132. The zero-order valence-electron chi connectivity index (χ0n) is 20.9. The van der Waals surface area contributed by atoms with Crippen LogP contribution in [-0.4, -0.2) is 64.7 Å². The highest BCUT2D eigenvalue weighted by Gasteiger charge is 2.54. The zero-order chi connectivity index (χ0) is 25.1. The Hall–Kier alpha value is -3.10. The van der Waals surface area contributed by atoms with E-state index in [2.05, 4.69) is 15.8 Å². The summed E-state index contributed by atoms with van der Waals surface area (Å²) in [5, 5.41) is 0. The van der Waals surface area contributed by atoms with Gasteiger partial charge in [-0.05, 0) is 36.5 Å². The van der Waals surface area contributed by atoms with Crippen LogP contribution in [0.1, 0.15) is 49.8 Å². The van der Waals surface area contributed by atoms with Gasteiger partial charge in [0.05, 0.1) is 5.41 Å².